The molecule has 1 aliphatic rings. The first-order valence-corrected chi connectivity index (χ1v) is 10.4. The van der Waals surface area contributed by atoms with Crippen LogP contribution in [0.25, 0.3) is 0 Å². The van der Waals surface area contributed by atoms with Gasteiger partial charge in [0.05, 0.1) is 12.5 Å². The summed E-state index contributed by atoms with van der Waals surface area (Å²) in [5, 5.41) is 5.25. The maximum Gasteiger partial charge on any atom is 0.417 e. The van der Waals surface area contributed by atoms with Crippen LogP contribution in [-0.2, 0) is 28.7 Å². The standard InChI is InChI=1S/C20H35N5O7/c1-19(2,3)31-17(29)13-9-12(16(28)25(13)18(30)32-20(4,5)6)24-15(27)11(10-14(22)26)23-8-7-21/h11-13,23H,7-10,21H2,1-6H3,(H2,22,26)(H,24,27)/t11-,12+,13-/m0/s1. The molecule has 0 aromatic carbocycles. The van der Waals surface area contributed by atoms with E-state index < -0.39 is 59.1 Å². The molecule has 0 bridgehead atoms. The molecule has 12 nitrogen and oxygen atoms in total. The number of nitrogens with one attached hydrogen (secondary N) is 2. The number of amides is 4. The highest BCUT2D eigenvalue weighted by Gasteiger charge is 2.50. The Labute approximate surface area is 187 Å². The van der Waals surface area contributed by atoms with Gasteiger partial charge in [-0.25, -0.2) is 14.5 Å². The number of esters is 1. The largest absolute Gasteiger partial charge is 0.458 e. The van der Waals surface area contributed by atoms with Crippen LogP contribution < -0.4 is 22.1 Å². The van der Waals surface area contributed by atoms with E-state index in [0.29, 0.717) is 4.90 Å². The highest BCUT2D eigenvalue weighted by molar-refractivity contribution is 6.04. The van der Waals surface area contributed by atoms with Crippen molar-refractivity contribution in [3.8, 4) is 0 Å². The molecule has 3 atom stereocenters. The highest BCUT2D eigenvalue weighted by atomic mass is 16.6. The van der Waals surface area contributed by atoms with E-state index in [1.807, 2.05) is 0 Å². The fraction of sp³-hybridized carbons (Fsp3) is 0.750. The van der Waals surface area contributed by atoms with Gasteiger partial charge < -0.3 is 31.6 Å². The van der Waals surface area contributed by atoms with Crippen molar-refractivity contribution in [2.45, 2.75) is 83.7 Å². The van der Waals surface area contributed by atoms with E-state index in [0.717, 1.165) is 0 Å². The van der Waals surface area contributed by atoms with Crippen molar-refractivity contribution < 1.29 is 33.4 Å². The Balaban J connectivity index is 3.11. The van der Waals surface area contributed by atoms with Gasteiger partial charge in [-0.3, -0.25) is 14.4 Å². The molecular weight excluding hydrogens is 422 g/mol. The van der Waals surface area contributed by atoms with Crippen LogP contribution in [0.3, 0.4) is 0 Å². The molecule has 32 heavy (non-hydrogen) atoms. The van der Waals surface area contributed by atoms with Gasteiger partial charge in [0.15, 0.2) is 0 Å². The molecule has 0 saturated carbocycles. The van der Waals surface area contributed by atoms with Gasteiger partial charge >= 0.3 is 12.1 Å². The summed E-state index contributed by atoms with van der Waals surface area (Å²) in [6, 6.07) is -3.52. The minimum atomic E-state index is -1.28. The lowest BCUT2D eigenvalue weighted by Crippen LogP contribution is -2.52. The Morgan fingerprint density at radius 2 is 1.66 bits per heavy atom. The Morgan fingerprint density at radius 1 is 1.09 bits per heavy atom. The summed E-state index contributed by atoms with van der Waals surface area (Å²) in [5.74, 6) is -3.04. The van der Waals surface area contributed by atoms with Crippen LogP contribution in [0, 0.1) is 0 Å². The van der Waals surface area contributed by atoms with Crippen LogP contribution in [0.4, 0.5) is 4.79 Å². The number of likely N-dealkylation sites (tertiary alicyclic amines) is 1. The van der Waals surface area contributed by atoms with Crippen molar-refractivity contribution >= 4 is 29.8 Å². The maximum absolute atomic E-state index is 13.0. The van der Waals surface area contributed by atoms with Crippen molar-refractivity contribution in [2.75, 3.05) is 13.1 Å². The SMILES string of the molecule is CC(C)(C)OC(=O)[C@@H]1C[C@@H](NC(=O)[C@H](CC(N)=O)NCCN)C(=O)N1C(=O)OC(C)(C)C. The topological polar surface area (TPSA) is 183 Å². The lowest BCUT2D eigenvalue weighted by atomic mass is 10.1. The molecule has 12 heteroatoms. The predicted octanol–water partition coefficient (Wildman–Crippen LogP) is -0.859. The Bertz CT molecular complexity index is 742. The summed E-state index contributed by atoms with van der Waals surface area (Å²) >= 11 is 0. The van der Waals surface area contributed by atoms with Gasteiger partial charge in [-0.1, -0.05) is 0 Å². The van der Waals surface area contributed by atoms with Gasteiger partial charge in [0.2, 0.25) is 11.8 Å². The normalized spacial score (nSPS) is 20.0. The summed E-state index contributed by atoms with van der Waals surface area (Å²) in [5.41, 5.74) is 8.83. The van der Waals surface area contributed by atoms with Crippen molar-refractivity contribution in [1.82, 2.24) is 15.5 Å². The number of primary amides is 1. The van der Waals surface area contributed by atoms with E-state index in [-0.39, 0.29) is 25.9 Å². The Kier molecular flexibility index (Phi) is 9.15. The van der Waals surface area contributed by atoms with Crippen molar-refractivity contribution in [3.05, 3.63) is 0 Å². The quantitative estimate of drug-likeness (QED) is 0.337. The molecule has 1 aliphatic heterocycles. The van der Waals surface area contributed by atoms with Gasteiger partial charge in [-0.2, -0.15) is 0 Å². The minimum Gasteiger partial charge on any atom is -0.458 e. The molecule has 1 fully saturated rings. The fourth-order valence-corrected chi connectivity index (χ4v) is 2.96. The Hall–Kier alpha value is -2.73. The summed E-state index contributed by atoms with van der Waals surface area (Å²) in [4.78, 5) is 63.0. The molecule has 0 spiro atoms. The van der Waals surface area contributed by atoms with Gasteiger partial charge in [-0.05, 0) is 41.5 Å². The number of ether oxygens (including phenoxy) is 2. The number of nitrogens with zero attached hydrogens (tertiary/aromatic N) is 1. The predicted molar refractivity (Wildman–Crippen MR) is 114 cm³/mol. The number of carbonyl (C=O) groups is 5. The van der Waals surface area contributed by atoms with Crippen molar-refractivity contribution in [3.63, 3.8) is 0 Å². The average Bonchev–Trinajstić information content (AvgIpc) is 2.92. The minimum absolute atomic E-state index is 0.206. The molecule has 0 unspecified atom stereocenters. The highest BCUT2D eigenvalue weighted by Crippen LogP contribution is 2.25. The molecule has 4 amide bonds. The van der Waals surface area contributed by atoms with Crippen LogP contribution in [-0.4, -0.2) is 77.1 Å². The Morgan fingerprint density at radius 3 is 2.12 bits per heavy atom. The van der Waals surface area contributed by atoms with E-state index in [2.05, 4.69) is 10.6 Å². The van der Waals surface area contributed by atoms with Crippen LogP contribution in [0.2, 0.25) is 0 Å². The van der Waals surface area contributed by atoms with Gasteiger partial charge in [0, 0.05) is 19.5 Å². The van der Waals surface area contributed by atoms with Crippen LogP contribution in [0.5, 0.6) is 0 Å². The molecule has 0 aromatic rings. The lowest BCUT2D eigenvalue weighted by molar-refractivity contribution is -0.161. The number of imide groups is 1. The number of carbonyl (C=O) groups excluding carboxylic acids is 5. The van der Waals surface area contributed by atoms with E-state index in [1.165, 1.54) is 0 Å². The van der Waals surface area contributed by atoms with Gasteiger partial charge in [0.1, 0.15) is 23.3 Å². The molecule has 1 saturated heterocycles. The smallest absolute Gasteiger partial charge is 0.417 e. The molecule has 0 aliphatic carbocycles. The number of hydrogen-bond acceptors (Lipinski definition) is 9. The first kappa shape index (κ1) is 27.3. The van der Waals surface area contributed by atoms with Crippen LogP contribution >= 0.6 is 0 Å². The summed E-state index contributed by atoms with van der Waals surface area (Å²) < 4.78 is 10.6. The zero-order valence-corrected chi connectivity index (χ0v) is 19.5. The van der Waals surface area contributed by atoms with Crippen molar-refractivity contribution in [1.29, 1.82) is 0 Å². The molecular formula is C20H35N5O7. The van der Waals surface area contributed by atoms with Crippen molar-refractivity contribution in [2.24, 2.45) is 11.5 Å². The molecule has 0 radical (unpaired) electrons. The van der Waals surface area contributed by atoms with E-state index >= 15 is 0 Å². The third kappa shape index (κ3) is 8.42. The monoisotopic (exact) mass is 457 g/mol. The van der Waals surface area contributed by atoms with E-state index in [4.69, 9.17) is 20.9 Å². The first-order valence-electron chi connectivity index (χ1n) is 10.4. The van der Waals surface area contributed by atoms with Gasteiger partial charge in [-0.15, -0.1) is 0 Å². The molecule has 1 rings (SSSR count). The second kappa shape index (κ2) is 10.7. The third-order valence-electron chi connectivity index (χ3n) is 4.15. The number of hydrogen-bond donors (Lipinski definition) is 4. The lowest BCUT2D eigenvalue weighted by Gasteiger charge is -2.28. The zero-order valence-electron chi connectivity index (χ0n) is 19.5. The molecule has 0 aromatic heterocycles. The number of nitrogens with two attached hydrogens (primary N) is 2. The van der Waals surface area contributed by atoms with E-state index in [9.17, 15) is 24.0 Å². The molecule has 6 N–H and O–H groups in total. The summed E-state index contributed by atoms with van der Waals surface area (Å²) in [6.45, 7) is 10.2. The second-order valence-electron chi connectivity index (χ2n) is 9.50. The zero-order chi connectivity index (χ0) is 24.9. The second-order valence-corrected chi connectivity index (χ2v) is 9.50. The molecule has 182 valence electrons. The van der Waals surface area contributed by atoms with Crippen LogP contribution in [0.15, 0.2) is 0 Å². The van der Waals surface area contributed by atoms with Crippen LogP contribution in [0.1, 0.15) is 54.4 Å². The fourth-order valence-electron chi connectivity index (χ4n) is 2.96. The third-order valence-corrected chi connectivity index (χ3v) is 4.15. The van der Waals surface area contributed by atoms with Gasteiger partial charge in [0.25, 0.3) is 5.91 Å². The first-order chi connectivity index (χ1) is 14.6. The number of rotatable bonds is 8. The maximum atomic E-state index is 13.0. The summed E-state index contributed by atoms with van der Waals surface area (Å²) in [7, 11) is 0. The summed E-state index contributed by atoms with van der Waals surface area (Å²) in [6.07, 6.45) is -1.55. The molecule has 1 heterocycles. The average molecular weight is 458 g/mol. The van der Waals surface area contributed by atoms with E-state index in [1.54, 1.807) is 41.5 Å².